The molecule has 118 valence electrons. The number of nitrogens with one attached hydrogen (secondary N) is 1. The topological polar surface area (TPSA) is 106 Å². The summed E-state index contributed by atoms with van der Waals surface area (Å²) in [6, 6.07) is 2.48. The van der Waals surface area contributed by atoms with Crippen LogP contribution in [-0.2, 0) is 20.0 Å². The SMILES string of the molecule is NS(=O)(=O)c1ccc(S(=O)(=O)NCCC2CCC2)c(F)c1. The molecule has 1 aromatic rings. The van der Waals surface area contributed by atoms with Crippen molar-refractivity contribution >= 4 is 20.0 Å². The zero-order valence-electron chi connectivity index (χ0n) is 11.2. The van der Waals surface area contributed by atoms with Gasteiger partial charge >= 0.3 is 0 Å². The highest BCUT2D eigenvalue weighted by atomic mass is 32.2. The number of hydrogen-bond donors (Lipinski definition) is 2. The van der Waals surface area contributed by atoms with Gasteiger partial charge in [-0.25, -0.2) is 31.1 Å². The van der Waals surface area contributed by atoms with Gasteiger partial charge in [0.15, 0.2) is 0 Å². The van der Waals surface area contributed by atoms with Gasteiger partial charge in [0.05, 0.1) is 4.90 Å². The molecule has 21 heavy (non-hydrogen) atoms. The van der Waals surface area contributed by atoms with Gasteiger partial charge in [-0.3, -0.25) is 0 Å². The third-order valence-electron chi connectivity index (χ3n) is 3.59. The van der Waals surface area contributed by atoms with E-state index in [0.717, 1.165) is 31.4 Å². The summed E-state index contributed by atoms with van der Waals surface area (Å²) in [5.74, 6) is -0.611. The van der Waals surface area contributed by atoms with Crippen molar-refractivity contribution in [1.82, 2.24) is 4.72 Å². The lowest BCUT2D eigenvalue weighted by molar-refractivity contribution is 0.297. The van der Waals surface area contributed by atoms with Gasteiger partial charge in [0.1, 0.15) is 10.7 Å². The first-order valence-electron chi connectivity index (χ1n) is 6.52. The van der Waals surface area contributed by atoms with E-state index >= 15 is 0 Å². The van der Waals surface area contributed by atoms with E-state index in [4.69, 9.17) is 5.14 Å². The molecule has 0 bridgehead atoms. The maximum absolute atomic E-state index is 13.8. The first kappa shape index (κ1) is 16.3. The Morgan fingerprint density at radius 3 is 2.38 bits per heavy atom. The molecule has 0 atom stereocenters. The maximum atomic E-state index is 13.8. The first-order chi connectivity index (χ1) is 9.70. The Kier molecular flexibility index (Phi) is 4.66. The highest BCUT2D eigenvalue weighted by Gasteiger charge is 2.22. The van der Waals surface area contributed by atoms with E-state index in [2.05, 4.69) is 4.72 Å². The van der Waals surface area contributed by atoms with E-state index < -0.39 is 35.7 Å². The second kappa shape index (κ2) is 5.99. The molecule has 1 aromatic carbocycles. The summed E-state index contributed by atoms with van der Waals surface area (Å²) in [6.07, 6.45) is 4.08. The fourth-order valence-electron chi connectivity index (χ4n) is 2.13. The Balaban J connectivity index is 2.12. The number of rotatable bonds is 6. The number of halogens is 1. The molecule has 6 nitrogen and oxygen atoms in total. The fraction of sp³-hybridized carbons (Fsp3) is 0.500. The molecule has 0 radical (unpaired) electrons. The third-order valence-corrected chi connectivity index (χ3v) is 6.00. The normalized spacial score (nSPS) is 16.7. The minimum atomic E-state index is -4.07. The van der Waals surface area contributed by atoms with Gasteiger partial charge < -0.3 is 0 Å². The van der Waals surface area contributed by atoms with E-state index in [1.54, 1.807) is 0 Å². The minimum absolute atomic E-state index is 0.239. The molecule has 0 aliphatic heterocycles. The molecule has 0 heterocycles. The van der Waals surface area contributed by atoms with Crippen LogP contribution in [0.3, 0.4) is 0 Å². The average Bonchev–Trinajstić information content (AvgIpc) is 2.30. The van der Waals surface area contributed by atoms with Crippen LogP contribution in [0.1, 0.15) is 25.7 Å². The van der Waals surface area contributed by atoms with Crippen LogP contribution in [0.4, 0.5) is 4.39 Å². The molecule has 1 fully saturated rings. The van der Waals surface area contributed by atoms with E-state index in [9.17, 15) is 21.2 Å². The van der Waals surface area contributed by atoms with Crippen LogP contribution < -0.4 is 9.86 Å². The number of sulfonamides is 2. The number of hydrogen-bond acceptors (Lipinski definition) is 4. The van der Waals surface area contributed by atoms with Gasteiger partial charge in [0.25, 0.3) is 0 Å². The largest absolute Gasteiger partial charge is 0.243 e. The van der Waals surface area contributed by atoms with Crippen molar-refractivity contribution in [2.75, 3.05) is 6.54 Å². The summed E-state index contributed by atoms with van der Waals surface area (Å²) < 4.78 is 62.2. The molecule has 0 spiro atoms. The average molecular weight is 336 g/mol. The molecule has 0 aromatic heterocycles. The number of benzene rings is 1. The molecule has 1 saturated carbocycles. The van der Waals surface area contributed by atoms with Crippen LogP contribution in [0.5, 0.6) is 0 Å². The van der Waals surface area contributed by atoms with Gasteiger partial charge in [-0.2, -0.15) is 0 Å². The summed E-state index contributed by atoms with van der Waals surface area (Å²) >= 11 is 0. The number of nitrogens with two attached hydrogens (primary N) is 1. The molecule has 0 saturated heterocycles. The molecule has 0 unspecified atom stereocenters. The Morgan fingerprint density at radius 2 is 1.90 bits per heavy atom. The van der Waals surface area contributed by atoms with Crippen LogP contribution in [0.15, 0.2) is 28.0 Å². The Labute approximate surface area is 123 Å². The van der Waals surface area contributed by atoms with Crippen molar-refractivity contribution < 1.29 is 21.2 Å². The summed E-state index contributed by atoms with van der Waals surface area (Å²) in [7, 11) is -8.06. The molecular weight excluding hydrogens is 319 g/mol. The highest BCUT2D eigenvalue weighted by Crippen LogP contribution is 2.29. The van der Waals surface area contributed by atoms with Crippen LogP contribution in [0.2, 0.25) is 0 Å². The molecular formula is C12H17FN2O4S2. The predicted molar refractivity (Wildman–Crippen MR) is 74.9 cm³/mol. The van der Waals surface area contributed by atoms with Gasteiger partial charge in [-0.15, -0.1) is 0 Å². The molecule has 3 N–H and O–H groups in total. The predicted octanol–water partition coefficient (Wildman–Crippen LogP) is 0.942. The van der Waals surface area contributed by atoms with Crippen LogP contribution >= 0.6 is 0 Å². The smallest absolute Gasteiger partial charge is 0.225 e. The zero-order valence-corrected chi connectivity index (χ0v) is 12.9. The standard InChI is InChI=1S/C12H17FN2O4S2/c13-11-8-10(20(14,16)17)4-5-12(11)21(18,19)15-7-6-9-2-1-3-9/h4-5,8-9,15H,1-3,6-7H2,(H2,14,16,17). The summed E-state index contributed by atoms with van der Waals surface area (Å²) in [5, 5.41) is 4.86. The van der Waals surface area contributed by atoms with Crippen LogP contribution in [0, 0.1) is 11.7 Å². The highest BCUT2D eigenvalue weighted by molar-refractivity contribution is 7.89. The molecule has 2 rings (SSSR count). The molecule has 0 amide bonds. The lowest BCUT2D eigenvalue weighted by atomic mass is 9.83. The van der Waals surface area contributed by atoms with Gasteiger partial charge in [-0.05, 0) is 30.5 Å². The lowest BCUT2D eigenvalue weighted by Crippen LogP contribution is -2.28. The Hall–Kier alpha value is -1.03. The van der Waals surface area contributed by atoms with Crippen molar-refractivity contribution in [3.63, 3.8) is 0 Å². The zero-order chi connectivity index (χ0) is 15.7. The lowest BCUT2D eigenvalue weighted by Gasteiger charge is -2.25. The Morgan fingerprint density at radius 1 is 1.24 bits per heavy atom. The van der Waals surface area contributed by atoms with Crippen molar-refractivity contribution in [2.45, 2.75) is 35.5 Å². The van der Waals surface area contributed by atoms with Crippen LogP contribution in [-0.4, -0.2) is 23.4 Å². The van der Waals surface area contributed by atoms with Crippen LogP contribution in [0.25, 0.3) is 0 Å². The van der Waals surface area contributed by atoms with Gasteiger partial charge in [0.2, 0.25) is 20.0 Å². The van der Waals surface area contributed by atoms with Crippen molar-refractivity contribution in [1.29, 1.82) is 0 Å². The minimum Gasteiger partial charge on any atom is -0.225 e. The molecule has 1 aliphatic carbocycles. The Bertz CT molecular complexity index is 728. The maximum Gasteiger partial charge on any atom is 0.243 e. The van der Waals surface area contributed by atoms with Crippen molar-refractivity contribution in [3.8, 4) is 0 Å². The van der Waals surface area contributed by atoms with E-state index in [0.29, 0.717) is 12.0 Å². The summed E-state index contributed by atoms with van der Waals surface area (Å²) in [6.45, 7) is 0.239. The summed E-state index contributed by atoms with van der Waals surface area (Å²) in [5.41, 5.74) is 0. The van der Waals surface area contributed by atoms with Crippen molar-refractivity contribution in [3.05, 3.63) is 24.0 Å². The quantitative estimate of drug-likeness (QED) is 0.806. The molecule has 9 heteroatoms. The fourth-order valence-corrected chi connectivity index (χ4v) is 3.76. The van der Waals surface area contributed by atoms with E-state index in [1.165, 1.54) is 6.42 Å². The van der Waals surface area contributed by atoms with E-state index in [-0.39, 0.29) is 6.54 Å². The first-order valence-corrected chi connectivity index (χ1v) is 9.55. The van der Waals surface area contributed by atoms with Gasteiger partial charge in [-0.1, -0.05) is 19.3 Å². The van der Waals surface area contributed by atoms with Gasteiger partial charge in [0, 0.05) is 6.54 Å². The van der Waals surface area contributed by atoms with Crippen molar-refractivity contribution in [2.24, 2.45) is 11.1 Å². The molecule has 1 aliphatic rings. The monoisotopic (exact) mass is 336 g/mol. The third kappa shape index (κ3) is 4.00. The number of primary sulfonamides is 1. The summed E-state index contributed by atoms with van der Waals surface area (Å²) in [4.78, 5) is -1.04. The second-order valence-corrected chi connectivity index (χ2v) is 8.42. The second-order valence-electron chi connectivity index (χ2n) is 5.12. The van der Waals surface area contributed by atoms with E-state index in [1.807, 2.05) is 0 Å².